The van der Waals surface area contributed by atoms with Gasteiger partial charge in [-0.2, -0.15) is 13.2 Å². The van der Waals surface area contributed by atoms with Gasteiger partial charge in [0.2, 0.25) is 5.91 Å². The van der Waals surface area contributed by atoms with Gasteiger partial charge in [0.25, 0.3) is 0 Å². The van der Waals surface area contributed by atoms with Gasteiger partial charge in [-0.05, 0) is 56.3 Å². The van der Waals surface area contributed by atoms with Gasteiger partial charge in [0.15, 0.2) is 0 Å². The van der Waals surface area contributed by atoms with Crippen molar-refractivity contribution >= 4 is 17.3 Å². The van der Waals surface area contributed by atoms with E-state index in [2.05, 4.69) is 5.32 Å². The van der Waals surface area contributed by atoms with Crippen molar-refractivity contribution in [3.63, 3.8) is 0 Å². The Kier molecular flexibility index (Phi) is 6.87. The summed E-state index contributed by atoms with van der Waals surface area (Å²) in [6.45, 7) is 6.62. The summed E-state index contributed by atoms with van der Waals surface area (Å²) in [6, 6.07) is 12.2. The first kappa shape index (κ1) is 22.0. The van der Waals surface area contributed by atoms with Crippen LogP contribution in [0.2, 0.25) is 0 Å². The highest BCUT2D eigenvalue weighted by atomic mass is 19.4. The molecule has 0 saturated carbocycles. The third kappa shape index (κ3) is 5.44. The number of nitrogens with zero attached hydrogens (tertiary/aromatic N) is 2. The van der Waals surface area contributed by atoms with Crippen LogP contribution in [0, 0.1) is 0 Å². The van der Waals surface area contributed by atoms with Crippen molar-refractivity contribution in [1.29, 1.82) is 0 Å². The quantitative estimate of drug-likeness (QED) is 0.757. The van der Waals surface area contributed by atoms with Crippen LogP contribution in [0.1, 0.15) is 19.4 Å². The van der Waals surface area contributed by atoms with E-state index < -0.39 is 11.7 Å². The monoisotopic (exact) mass is 421 g/mol. The Morgan fingerprint density at radius 2 is 1.77 bits per heavy atom. The number of carbonyl (C=O) groups is 1. The largest absolute Gasteiger partial charge is 0.494 e. The zero-order valence-electron chi connectivity index (χ0n) is 17.1. The third-order valence-corrected chi connectivity index (χ3v) is 5.21. The predicted octanol–water partition coefficient (Wildman–Crippen LogP) is 4.25. The molecule has 1 heterocycles. The highest BCUT2D eigenvalue weighted by Gasteiger charge is 2.31. The van der Waals surface area contributed by atoms with E-state index in [1.165, 1.54) is 12.1 Å². The molecule has 5 nitrogen and oxygen atoms in total. The number of amides is 1. The van der Waals surface area contributed by atoms with Crippen LogP contribution in [0.4, 0.5) is 24.5 Å². The molecule has 1 atom stereocenters. The summed E-state index contributed by atoms with van der Waals surface area (Å²) in [5, 5.41) is 2.90. The topological polar surface area (TPSA) is 44.8 Å². The Morgan fingerprint density at radius 1 is 1.10 bits per heavy atom. The number of rotatable bonds is 6. The molecule has 1 amide bonds. The molecular weight excluding hydrogens is 395 g/mol. The Morgan fingerprint density at radius 3 is 2.37 bits per heavy atom. The highest BCUT2D eigenvalue weighted by Crippen LogP contribution is 2.32. The molecule has 1 aliphatic rings. The number of alkyl halides is 3. The second-order valence-electron chi connectivity index (χ2n) is 7.19. The first-order valence-corrected chi connectivity index (χ1v) is 9.98. The van der Waals surface area contributed by atoms with Gasteiger partial charge >= 0.3 is 6.18 Å². The molecular formula is C22H26F3N3O2. The van der Waals surface area contributed by atoms with Crippen LogP contribution in [0.5, 0.6) is 5.75 Å². The highest BCUT2D eigenvalue weighted by molar-refractivity contribution is 5.94. The third-order valence-electron chi connectivity index (χ3n) is 5.21. The van der Waals surface area contributed by atoms with Crippen LogP contribution in [-0.4, -0.2) is 49.6 Å². The minimum atomic E-state index is -4.36. The summed E-state index contributed by atoms with van der Waals surface area (Å²) in [5.74, 6) is 0.626. The molecule has 0 unspecified atom stereocenters. The van der Waals surface area contributed by atoms with Crippen LogP contribution in [0.15, 0.2) is 48.5 Å². The smallest absolute Gasteiger partial charge is 0.416 e. The zero-order chi connectivity index (χ0) is 21.7. The summed E-state index contributed by atoms with van der Waals surface area (Å²) >= 11 is 0. The van der Waals surface area contributed by atoms with Crippen LogP contribution >= 0.6 is 0 Å². The van der Waals surface area contributed by atoms with Crippen LogP contribution in [0.3, 0.4) is 0 Å². The fourth-order valence-electron chi connectivity index (χ4n) is 3.46. The lowest BCUT2D eigenvalue weighted by Crippen LogP contribution is -2.52. The molecule has 0 spiro atoms. The fraction of sp³-hybridized carbons (Fsp3) is 0.409. The maximum atomic E-state index is 13.0. The van der Waals surface area contributed by atoms with Crippen LogP contribution in [-0.2, 0) is 11.0 Å². The first-order chi connectivity index (χ1) is 14.3. The van der Waals surface area contributed by atoms with Crippen molar-refractivity contribution in [3.05, 3.63) is 54.1 Å². The predicted molar refractivity (Wildman–Crippen MR) is 111 cm³/mol. The van der Waals surface area contributed by atoms with Gasteiger partial charge in [0.1, 0.15) is 5.75 Å². The molecule has 162 valence electrons. The second kappa shape index (κ2) is 9.38. The lowest BCUT2D eigenvalue weighted by atomic mass is 10.1. The Hall–Kier alpha value is -2.74. The molecule has 1 N–H and O–H groups in total. The summed E-state index contributed by atoms with van der Waals surface area (Å²) in [6.07, 6.45) is -4.36. The van der Waals surface area contributed by atoms with Crippen molar-refractivity contribution in [3.8, 4) is 5.75 Å². The first-order valence-electron chi connectivity index (χ1n) is 9.98. The van der Waals surface area contributed by atoms with Crippen LogP contribution in [0.25, 0.3) is 0 Å². The normalized spacial score (nSPS) is 16.2. The van der Waals surface area contributed by atoms with E-state index in [1.54, 1.807) is 30.3 Å². The van der Waals surface area contributed by atoms with Gasteiger partial charge < -0.3 is 15.0 Å². The van der Waals surface area contributed by atoms with E-state index in [9.17, 15) is 18.0 Å². The molecule has 2 aromatic rings. The number of carbonyl (C=O) groups excluding carboxylic acids is 1. The van der Waals surface area contributed by atoms with Gasteiger partial charge in [-0.25, -0.2) is 0 Å². The molecule has 1 saturated heterocycles. The molecule has 0 bridgehead atoms. The van der Waals surface area contributed by atoms with Crippen molar-refractivity contribution in [2.45, 2.75) is 26.1 Å². The number of piperazine rings is 1. The Bertz CT molecular complexity index is 847. The number of hydrogen-bond donors (Lipinski definition) is 1. The summed E-state index contributed by atoms with van der Waals surface area (Å²) in [5.41, 5.74) is 0.597. The lowest BCUT2D eigenvalue weighted by molar-refractivity contribution is -0.137. The molecule has 1 aliphatic heterocycles. The molecule has 3 rings (SSSR count). The maximum absolute atomic E-state index is 13.0. The number of halogens is 3. The fourth-order valence-corrected chi connectivity index (χ4v) is 3.46. The second-order valence-corrected chi connectivity index (χ2v) is 7.19. The Balaban J connectivity index is 1.54. The molecule has 2 aromatic carbocycles. The van der Waals surface area contributed by atoms with Gasteiger partial charge in [-0.1, -0.05) is 6.07 Å². The molecule has 1 fully saturated rings. The Labute approximate surface area is 174 Å². The van der Waals surface area contributed by atoms with Crippen molar-refractivity contribution in [2.75, 3.05) is 43.0 Å². The van der Waals surface area contributed by atoms with E-state index >= 15 is 0 Å². The number of benzene rings is 2. The van der Waals surface area contributed by atoms with Gasteiger partial charge in [0, 0.05) is 37.6 Å². The summed E-state index contributed by atoms with van der Waals surface area (Å²) in [7, 11) is 0. The van der Waals surface area contributed by atoms with Crippen molar-refractivity contribution in [1.82, 2.24) is 4.90 Å². The minimum Gasteiger partial charge on any atom is -0.494 e. The van der Waals surface area contributed by atoms with E-state index in [4.69, 9.17) is 4.74 Å². The van der Waals surface area contributed by atoms with Crippen LogP contribution < -0.4 is 15.0 Å². The molecule has 0 aliphatic carbocycles. The van der Waals surface area contributed by atoms with E-state index in [1.807, 2.05) is 23.6 Å². The van der Waals surface area contributed by atoms with Gasteiger partial charge in [-0.15, -0.1) is 0 Å². The number of hydrogen-bond acceptors (Lipinski definition) is 4. The van der Waals surface area contributed by atoms with E-state index in [0.717, 1.165) is 11.8 Å². The minimum absolute atomic E-state index is 0.119. The molecule has 0 radical (unpaired) electrons. The number of anilines is 2. The average molecular weight is 421 g/mol. The summed E-state index contributed by atoms with van der Waals surface area (Å²) < 4.78 is 44.3. The van der Waals surface area contributed by atoms with Gasteiger partial charge in [-0.3, -0.25) is 9.69 Å². The maximum Gasteiger partial charge on any atom is 0.416 e. The molecule has 0 aromatic heterocycles. The van der Waals surface area contributed by atoms with Crippen molar-refractivity contribution in [2.24, 2.45) is 0 Å². The number of ether oxygens (including phenoxy) is 1. The molecule has 8 heteroatoms. The number of nitrogens with one attached hydrogen (secondary N) is 1. The van der Waals surface area contributed by atoms with E-state index in [-0.39, 0.29) is 11.9 Å². The standard InChI is InChI=1S/C22H26F3N3O2/c1-3-30-20-9-7-18(8-10-20)26-21(29)16(2)27-11-13-28(14-12-27)19-6-4-5-17(15-19)22(23,24)25/h4-10,15-16H,3,11-14H2,1-2H3,(H,26,29)/t16-/m0/s1. The SMILES string of the molecule is CCOc1ccc(NC(=O)[C@H](C)N2CCN(c3cccc(C(F)(F)F)c3)CC2)cc1. The summed E-state index contributed by atoms with van der Waals surface area (Å²) in [4.78, 5) is 16.6. The van der Waals surface area contributed by atoms with E-state index in [0.29, 0.717) is 44.2 Å². The zero-order valence-corrected chi connectivity index (χ0v) is 17.1. The lowest BCUT2D eigenvalue weighted by Gasteiger charge is -2.38. The average Bonchev–Trinajstić information content (AvgIpc) is 2.74. The van der Waals surface area contributed by atoms with Crippen molar-refractivity contribution < 1.29 is 22.7 Å². The van der Waals surface area contributed by atoms with Gasteiger partial charge in [0.05, 0.1) is 18.2 Å². The molecule has 30 heavy (non-hydrogen) atoms.